The molecule has 2 aromatic heterocycles. The number of hydrogen-bond donors (Lipinski definition) is 1. The fourth-order valence-electron chi connectivity index (χ4n) is 3.07. The van der Waals surface area contributed by atoms with Gasteiger partial charge in [0.1, 0.15) is 0 Å². The molecular formula is C17H21N3O4. The first-order valence-corrected chi connectivity index (χ1v) is 8.11. The fourth-order valence-corrected chi connectivity index (χ4v) is 3.07. The van der Waals surface area contributed by atoms with Crippen LogP contribution in [0.15, 0.2) is 29.1 Å². The maximum Gasteiger partial charge on any atom is 0.338 e. The minimum atomic E-state index is -0.979. The van der Waals surface area contributed by atoms with Crippen molar-refractivity contribution in [1.82, 2.24) is 14.7 Å². The number of hydrogen-bond acceptors (Lipinski definition) is 4. The van der Waals surface area contributed by atoms with Gasteiger partial charge in [-0.25, -0.2) is 4.79 Å². The van der Waals surface area contributed by atoms with Crippen molar-refractivity contribution in [1.29, 1.82) is 0 Å². The summed E-state index contributed by atoms with van der Waals surface area (Å²) < 4.78 is 7.10. The van der Waals surface area contributed by atoms with Gasteiger partial charge < -0.3 is 14.4 Å². The second kappa shape index (κ2) is 6.51. The number of piperidine rings is 1. The van der Waals surface area contributed by atoms with E-state index in [2.05, 4.69) is 5.10 Å². The largest absolute Gasteiger partial charge is 0.478 e. The van der Waals surface area contributed by atoms with E-state index in [0.717, 1.165) is 18.4 Å². The van der Waals surface area contributed by atoms with E-state index in [9.17, 15) is 9.59 Å². The first-order chi connectivity index (χ1) is 11.5. The highest BCUT2D eigenvalue weighted by Crippen LogP contribution is 2.26. The third-order valence-electron chi connectivity index (χ3n) is 4.49. The molecule has 7 heteroatoms. The van der Waals surface area contributed by atoms with Crippen LogP contribution in [0.3, 0.4) is 0 Å². The number of rotatable bonds is 4. The Morgan fingerprint density at radius 2 is 2.04 bits per heavy atom. The highest BCUT2D eigenvalue weighted by molar-refractivity contribution is 5.93. The number of aromatic carboxylic acids is 1. The number of likely N-dealkylation sites (tertiary alicyclic amines) is 1. The lowest BCUT2D eigenvalue weighted by atomic mass is 10.0. The zero-order valence-corrected chi connectivity index (χ0v) is 13.8. The highest BCUT2D eigenvalue weighted by atomic mass is 16.4. The van der Waals surface area contributed by atoms with Gasteiger partial charge in [0.2, 0.25) is 0 Å². The zero-order valence-electron chi connectivity index (χ0n) is 13.8. The predicted molar refractivity (Wildman–Crippen MR) is 86.2 cm³/mol. The number of amides is 1. The Morgan fingerprint density at radius 1 is 1.33 bits per heavy atom. The number of aromatic nitrogens is 2. The molecule has 0 aromatic carbocycles. The Bertz CT molecular complexity index is 739. The van der Waals surface area contributed by atoms with E-state index in [1.54, 1.807) is 22.0 Å². The molecule has 1 fully saturated rings. The monoisotopic (exact) mass is 331 g/mol. The van der Waals surface area contributed by atoms with Crippen molar-refractivity contribution in [2.75, 3.05) is 13.1 Å². The summed E-state index contributed by atoms with van der Waals surface area (Å²) in [6, 6.07) is 1.96. The maximum atomic E-state index is 12.7. The van der Waals surface area contributed by atoms with E-state index < -0.39 is 5.97 Å². The van der Waals surface area contributed by atoms with Gasteiger partial charge in [-0.05, 0) is 24.8 Å². The SMILES string of the molecule is CC(C)c1ccoc1C(=O)N1CCC(n2cc(C(=O)O)cn2)CC1. The summed E-state index contributed by atoms with van der Waals surface area (Å²) in [6.07, 6.45) is 5.95. The molecule has 7 nitrogen and oxygen atoms in total. The number of carboxylic acid groups (broad SMARTS) is 1. The van der Waals surface area contributed by atoms with E-state index in [1.165, 1.54) is 6.20 Å². The Morgan fingerprint density at radius 3 is 2.62 bits per heavy atom. The summed E-state index contributed by atoms with van der Waals surface area (Å²) >= 11 is 0. The van der Waals surface area contributed by atoms with Gasteiger partial charge in [0, 0.05) is 24.8 Å². The molecule has 0 aliphatic carbocycles. The Balaban J connectivity index is 1.65. The first-order valence-electron chi connectivity index (χ1n) is 8.11. The summed E-state index contributed by atoms with van der Waals surface area (Å²) in [5.74, 6) is -0.392. The number of carbonyl (C=O) groups is 2. The van der Waals surface area contributed by atoms with Crippen molar-refractivity contribution in [3.8, 4) is 0 Å². The molecule has 0 unspecified atom stereocenters. The van der Waals surface area contributed by atoms with E-state index in [1.807, 2.05) is 19.9 Å². The molecule has 128 valence electrons. The molecule has 0 radical (unpaired) electrons. The van der Waals surface area contributed by atoms with Gasteiger partial charge in [-0.15, -0.1) is 0 Å². The van der Waals surface area contributed by atoms with Crippen molar-refractivity contribution in [3.05, 3.63) is 41.6 Å². The molecule has 0 spiro atoms. The maximum absolute atomic E-state index is 12.7. The molecule has 1 aliphatic rings. The quantitative estimate of drug-likeness (QED) is 0.930. The molecule has 24 heavy (non-hydrogen) atoms. The Hall–Kier alpha value is -2.57. The van der Waals surface area contributed by atoms with Crippen LogP contribution in [0.2, 0.25) is 0 Å². The molecule has 1 amide bonds. The van der Waals surface area contributed by atoms with Crippen LogP contribution in [0.25, 0.3) is 0 Å². The molecule has 0 bridgehead atoms. The Labute approximate surface area is 139 Å². The third kappa shape index (κ3) is 3.06. The summed E-state index contributed by atoms with van der Waals surface area (Å²) in [7, 11) is 0. The third-order valence-corrected chi connectivity index (χ3v) is 4.49. The van der Waals surface area contributed by atoms with Crippen molar-refractivity contribution in [2.45, 2.75) is 38.6 Å². The lowest BCUT2D eigenvalue weighted by molar-refractivity contribution is 0.0655. The second-order valence-electron chi connectivity index (χ2n) is 6.40. The number of carboxylic acids is 1. The average Bonchev–Trinajstić information content (AvgIpc) is 3.23. The van der Waals surface area contributed by atoms with Gasteiger partial charge in [0.15, 0.2) is 5.76 Å². The van der Waals surface area contributed by atoms with Gasteiger partial charge in [-0.1, -0.05) is 13.8 Å². The van der Waals surface area contributed by atoms with Gasteiger partial charge in [-0.3, -0.25) is 9.48 Å². The van der Waals surface area contributed by atoms with Crippen molar-refractivity contribution < 1.29 is 19.1 Å². The van der Waals surface area contributed by atoms with Crippen molar-refractivity contribution in [2.24, 2.45) is 0 Å². The summed E-state index contributed by atoms with van der Waals surface area (Å²) in [5, 5.41) is 13.1. The van der Waals surface area contributed by atoms with E-state index in [4.69, 9.17) is 9.52 Å². The minimum absolute atomic E-state index is 0.0751. The van der Waals surface area contributed by atoms with Gasteiger partial charge in [-0.2, -0.15) is 5.10 Å². The summed E-state index contributed by atoms with van der Waals surface area (Å²) in [5.41, 5.74) is 1.12. The fraction of sp³-hybridized carbons (Fsp3) is 0.471. The number of nitrogens with zero attached hydrogens (tertiary/aromatic N) is 3. The molecule has 1 saturated heterocycles. The standard InChI is InChI=1S/C17H21N3O4/c1-11(2)14-5-8-24-15(14)16(21)19-6-3-13(4-7-19)20-10-12(9-18-20)17(22)23/h5,8-11,13H,3-4,6-7H2,1-2H3,(H,22,23). The normalized spacial score (nSPS) is 15.9. The molecule has 3 rings (SSSR count). The molecule has 3 heterocycles. The minimum Gasteiger partial charge on any atom is -0.478 e. The van der Waals surface area contributed by atoms with Crippen LogP contribution in [-0.4, -0.2) is 44.8 Å². The summed E-state index contributed by atoms with van der Waals surface area (Å²) in [6.45, 7) is 5.27. The van der Waals surface area contributed by atoms with Crippen LogP contribution in [0.1, 0.15) is 65.1 Å². The molecule has 2 aromatic rings. The van der Waals surface area contributed by atoms with Crippen LogP contribution in [0.4, 0.5) is 0 Å². The molecular weight excluding hydrogens is 310 g/mol. The van der Waals surface area contributed by atoms with Crippen LogP contribution in [0, 0.1) is 0 Å². The molecule has 1 aliphatic heterocycles. The smallest absolute Gasteiger partial charge is 0.338 e. The molecule has 0 atom stereocenters. The van der Waals surface area contributed by atoms with Gasteiger partial charge in [0.05, 0.1) is 24.1 Å². The number of carbonyl (C=O) groups excluding carboxylic acids is 1. The highest BCUT2D eigenvalue weighted by Gasteiger charge is 2.28. The second-order valence-corrected chi connectivity index (χ2v) is 6.40. The van der Waals surface area contributed by atoms with Crippen LogP contribution in [-0.2, 0) is 0 Å². The lowest BCUT2D eigenvalue weighted by Crippen LogP contribution is -2.39. The van der Waals surface area contributed by atoms with Crippen LogP contribution >= 0.6 is 0 Å². The first kappa shape index (κ1) is 16.3. The van der Waals surface area contributed by atoms with Crippen LogP contribution in [0.5, 0.6) is 0 Å². The lowest BCUT2D eigenvalue weighted by Gasteiger charge is -2.31. The number of furan rings is 1. The summed E-state index contributed by atoms with van der Waals surface area (Å²) in [4.78, 5) is 25.4. The van der Waals surface area contributed by atoms with E-state index >= 15 is 0 Å². The zero-order chi connectivity index (χ0) is 17.3. The van der Waals surface area contributed by atoms with Crippen molar-refractivity contribution >= 4 is 11.9 Å². The molecule has 1 N–H and O–H groups in total. The average molecular weight is 331 g/mol. The van der Waals surface area contributed by atoms with Crippen LogP contribution < -0.4 is 0 Å². The van der Waals surface area contributed by atoms with Crippen molar-refractivity contribution in [3.63, 3.8) is 0 Å². The Kier molecular flexibility index (Phi) is 4.42. The van der Waals surface area contributed by atoms with E-state index in [0.29, 0.717) is 18.8 Å². The van der Waals surface area contributed by atoms with E-state index in [-0.39, 0.29) is 23.4 Å². The predicted octanol–water partition coefficient (Wildman–Crippen LogP) is 2.78. The molecule has 0 saturated carbocycles. The van der Waals surface area contributed by atoms with Gasteiger partial charge >= 0.3 is 5.97 Å². The van der Waals surface area contributed by atoms with Gasteiger partial charge in [0.25, 0.3) is 5.91 Å². The topological polar surface area (TPSA) is 88.6 Å².